The minimum atomic E-state index is -0.454. The topological polar surface area (TPSA) is 102 Å². The molecular formula is C26H21N3O4. The van der Waals surface area contributed by atoms with E-state index in [0.717, 1.165) is 11.1 Å². The van der Waals surface area contributed by atoms with Crippen molar-refractivity contribution in [3.05, 3.63) is 101 Å². The van der Waals surface area contributed by atoms with Crippen LogP contribution in [0.1, 0.15) is 43.5 Å². The molecule has 0 fully saturated rings. The van der Waals surface area contributed by atoms with Gasteiger partial charge in [-0.05, 0) is 26.0 Å². The Hall–Kier alpha value is -4.39. The van der Waals surface area contributed by atoms with Crippen LogP contribution in [0.3, 0.4) is 0 Å². The summed E-state index contributed by atoms with van der Waals surface area (Å²) < 4.78 is 5.12. The highest BCUT2D eigenvalue weighted by atomic mass is 16.5. The fourth-order valence-electron chi connectivity index (χ4n) is 3.20. The second kappa shape index (κ2) is 9.00. The van der Waals surface area contributed by atoms with Gasteiger partial charge < -0.3 is 9.84 Å². The lowest BCUT2D eigenvalue weighted by Crippen LogP contribution is -2.16. The average molecular weight is 439 g/mol. The number of phenols is 1. The van der Waals surface area contributed by atoms with Crippen molar-refractivity contribution in [1.29, 1.82) is 0 Å². The number of aromatic nitrogens is 3. The molecule has 0 aliphatic rings. The number of aromatic hydroxyl groups is 1. The second-order valence-corrected chi connectivity index (χ2v) is 7.58. The molecule has 0 atom stereocenters. The summed E-state index contributed by atoms with van der Waals surface area (Å²) in [5, 5.41) is 10.5. The third kappa shape index (κ3) is 4.62. The third-order valence-corrected chi connectivity index (χ3v) is 5.11. The predicted molar refractivity (Wildman–Crippen MR) is 123 cm³/mol. The molecule has 0 saturated carbocycles. The van der Waals surface area contributed by atoms with Crippen molar-refractivity contribution in [3.8, 4) is 22.9 Å². The summed E-state index contributed by atoms with van der Waals surface area (Å²) in [5.74, 6) is -0.977. The Labute approximate surface area is 190 Å². The molecule has 4 rings (SSSR count). The molecule has 1 heterocycles. The number of carbonyl (C=O) groups is 2. The normalized spacial score (nSPS) is 10.6. The highest BCUT2D eigenvalue weighted by Gasteiger charge is 2.22. The first-order valence-corrected chi connectivity index (χ1v) is 10.2. The van der Waals surface area contributed by atoms with Crippen LogP contribution in [0.15, 0.2) is 66.7 Å². The second-order valence-electron chi connectivity index (χ2n) is 7.58. The van der Waals surface area contributed by atoms with Crippen LogP contribution in [0, 0.1) is 13.8 Å². The number of rotatable bonds is 6. The number of benzene rings is 3. The maximum atomic E-state index is 13.1. The largest absolute Gasteiger partial charge is 0.507 e. The number of ketones is 2. The van der Waals surface area contributed by atoms with Gasteiger partial charge in [0.05, 0.1) is 12.7 Å². The molecule has 1 N–H and O–H groups in total. The number of aryl methyl sites for hydroxylation is 2. The molecule has 3 aromatic carbocycles. The molecule has 0 spiro atoms. The fraction of sp³-hybridized carbons (Fsp3) is 0.115. The predicted octanol–water partition coefficient (Wildman–Crippen LogP) is 4.33. The lowest BCUT2D eigenvalue weighted by molar-refractivity contribution is 0.102. The highest BCUT2D eigenvalue weighted by molar-refractivity contribution is 6.09. The molecule has 0 unspecified atom stereocenters. The number of methoxy groups -OCH3 is 1. The van der Waals surface area contributed by atoms with Crippen molar-refractivity contribution in [2.24, 2.45) is 0 Å². The molecule has 0 saturated heterocycles. The molecule has 164 valence electrons. The van der Waals surface area contributed by atoms with E-state index >= 15 is 0 Å². The van der Waals surface area contributed by atoms with Gasteiger partial charge >= 0.3 is 0 Å². The van der Waals surface area contributed by atoms with Gasteiger partial charge in [0, 0.05) is 17.2 Å². The Kier molecular flexibility index (Phi) is 5.95. The lowest BCUT2D eigenvalue weighted by atomic mass is 10.1. The van der Waals surface area contributed by atoms with Crippen molar-refractivity contribution >= 4 is 11.6 Å². The number of carbonyl (C=O) groups excluding carboxylic acids is 2. The smallest absolute Gasteiger partial charge is 0.230 e. The number of nitrogens with zero attached hydrogens (tertiary/aromatic N) is 3. The van der Waals surface area contributed by atoms with Gasteiger partial charge in [-0.3, -0.25) is 9.59 Å². The van der Waals surface area contributed by atoms with E-state index in [9.17, 15) is 14.7 Å². The van der Waals surface area contributed by atoms with E-state index < -0.39 is 11.6 Å². The Morgan fingerprint density at radius 3 is 1.64 bits per heavy atom. The van der Waals surface area contributed by atoms with Crippen LogP contribution in [0.2, 0.25) is 0 Å². The van der Waals surface area contributed by atoms with Crippen molar-refractivity contribution in [2.45, 2.75) is 13.8 Å². The van der Waals surface area contributed by atoms with Crippen LogP contribution in [0.4, 0.5) is 0 Å². The first-order valence-electron chi connectivity index (χ1n) is 10.2. The van der Waals surface area contributed by atoms with E-state index in [4.69, 9.17) is 4.74 Å². The fourth-order valence-corrected chi connectivity index (χ4v) is 3.20. The van der Waals surface area contributed by atoms with E-state index in [1.54, 1.807) is 36.4 Å². The molecule has 0 bridgehead atoms. The maximum absolute atomic E-state index is 13.1. The number of hydrogen-bond acceptors (Lipinski definition) is 7. The van der Waals surface area contributed by atoms with E-state index in [1.165, 1.54) is 13.2 Å². The van der Waals surface area contributed by atoms with E-state index in [0.29, 0.717) is 16.9 Å². The Morgan fingerprint density at radius 2 is 1.21 bits per heavy atom. The van der Waals surface area contributed by atoms with Gasteiger partial charge in [-0.15, -0.1) is 0 Å². The molecule has 7 nitrogen and oxygen atoms in total. The number of phenolic OH excluding ortho intramolecular Hbond substituents is 1. The highest BCUT2D eigenvalue weighted by Crippen LogP contribution is 2.30. The van der Waals surface area contributed by atoms with Gasteiger partial charge in [-0.25, -0.2) is 15.0 Å². The SMILES string of the molecule is COc1ccc(-c2nc(C(=O)c3ccc(C)cc3)nc(C(=O)c3ccc(C)cc3)n2)c(O)c1. The van der Waals surface area contributed by atoms with Crippen LogP contribution < -0.4 is 4.74 Å². The molecule has 7 heteroatoms. The molecule has 0 amide bonds. The van der Waals surface area contributed by atoms with Crippen LogP contribution in [-0.2, 0) is 0 Å². The van der Waals surface area contributed by atoms with Crippen LogP contribution in [-0.4, -0.2) is 38.7 Å². The van der Waals surface area contributed by atoms with Gasteiger partial charge in [-0.2, -0.15) is 0 Å². The number of ether oxygens (including phenoxy) is 1. The quantitative estimate of drug-likeness (QED) is 0.446. The van der Waals surface area contributed by atoms with E-state index in [2.05, 4.69) is 15.0 Å². The van der Waals surface area contributed by atoms with Crippen LogP contribution >= 0.6 is 0 Å². The number of hydrogen-bond donors (Lipinski definition) is 1. The van der Waals surface area contributed by atoms with Crippen molar-refractivity contribution in [1.82, 2.24) is 15.0 Å². The van der Waals surface area contributed by atoms with Gasteiger partial charge in [0.25, 0.3) is 0 Å². The molecule has 0 radical (unpaired) electrons. The van der Waals surface area contributed by atoms with Crippen LogP contribution in [0.5, 0.6) is 11.5 Å². The summed E-state index contributed by atoms with van der Waals surface area (Å²) in [4.78, 5) is 39.0. The van der Waals surface area contributed by atoms with E-state index in [1.807, 2.05) is 38.1 Å². The average Bonchev–Trinajstić information content (AvgIpc) is 2.83. The zero-order chi connectivity index (χ0) is 23.5. The van der Waals surface area contributed by atoms with Crippen molar-refractivity contribution < 1.29 is 19.4 Å². The summed E-state index contributed by atoms with van der Waals surface area (Å²) in [5.41, 5.74) is 3.01. The molecule has 33 heavy (non-hydrogen) atoms. The summed E-state index contributed by atoms with van der Waals surface area (Å²) >= 11 is 0. The van der Waals surface area contributed by atoms with E-state index in [-0.39, 0.29) is 28.8 Å². The van der Waals surface area contributed by atoms with Gasteiger partial charge in [-0.1, -0.05) is 59.7 Å². The summed E-state index contributed by atoms with van der Waals surface area (Å²) in [6, 6.07) is 18.5. The summed E-state index contributed by atoms with van der Waals surface area (Å²) in [7, 11) is 1.48. The summed E-state index contributed by atoms with van der Waals surface area (Å²) in [6.07, 6.45) is 0. The van der Waals surface area contributed by atoms with Gasteiger partial charge in [0.15, 0.2) is 5.82 Å². The monoisotopic (exact) mass is 439 g/mol. The molecule has 0 aliphatic carbocycles. The lowest BCUT2D eigenvalue weighted by Gasteiger charge is -2.09. The molecule has 4 aromatic rings. The van der Waals surface area contributed by atoms with Gasteiger partial charge in [0.1, 0.15) is 11.5 Å². The first kappa shape index (κ1) is 21.8. The minimum Gasteiger partial charge on any atom is -0.507 e. The van der Waals surface area contributed by atoms with Crippen molar-refractivity contribution in [2.75, 3.05) is 7.11 Å². The third-order valence-electron chi connectivity index (χ3n) is 5.11. The molecular weight excluding hydrogens is 418 g/mol. The van der Waals surface area contributed by atoms with Crippen molar-refractivity contribution in [3.63, 3.8) is 0 Å². The van der Waals surface area contributed by atoms with Crippen LogP contribution in [0.25, 0.3) is 11.4 Å². The van der Waals surface area contributed by atoms with Gasteiger partial charge in [0.2, 0.25) is 23.2 Å². The minimum absolute atomic E-state index is 0.0103. The zero-order valence-electron chi connectivity index (χ0n) is 18.4. The zero-order valence-corrected chi connectivity index (χ0v) is 18.4. The Morgan fingerprint density at radius 1 is 0.727 bits per heavy atom. The molecule has 1 aromatic heterocycles. The standard InChI is InChI=1S/C26H21N3O4/c1-15-4-8-17(9-5-15)22(31)25-27-24(20-13-12-19(33-3)14-21(20)30)28-26(29-25)23(32)18-10-6-16(2)7-11-18/h4-14,30H,1-3H3. The maximum Gasteiger partial charge on any atom is 0.230 e. The Balaban J connectivity index is 1.85. The summed E-state index contributed by atoms with van der Waals surface area (Å²) in [6.45, 7) is 3.83. The molecule has 0 aliphatic heterocycles. The Bertz CT molecular complexity index is 1270. The first-order chi connectivity index (χ1) is 15.9.